The van der Waals surface area contributed by atoms with Crippen molar-refractivity contribution in [3.05, 3.63) is 27.8 Å². The molecular weight excluding hydrogens is 286 g/mol. The van der Waals surface area contributed by atoms with Gasteiger partial charge in [0.05, 0.1) is 24.3 Å². The number of hydrogen-bond donors (Lipinski definition) is 0. The molecule has 17 heavy (non-hydrogen) atoms. The predicted octanol–water partition coefficient (Wildman–Crippen LogP) is 3.79. The van der Waals surface area contributed by atoms with E-state index >= 15 is 0 Å². The molecule has 0 atom stereocenters. The van der Waals surface area contributed by atoms with Gasteiger partial charge in [-0.05, 0) is 23.8 Å². The summed E-state index contributed by atoms with van der Waals surface area (Å²) >= 11 is 17.3. The van der Waals surface area contributed by atoms with E-state index in [0.29, 0.717) is 17.1 Å². The van der Waals surface area contributed by atoms with E-state index in [1.807, 2.05) is 0 Å². The highest BCUT2D eigenvalue weighted by atomic mass is 35.5. The Hall–Kier alpha value is -0.900. The molecule has 0 unspecified atom stereocenters. The Morgan fingerprint density at radius 3 is 2.00 bits per heavy atom. The monoisotopic (exact) mass is 294 g/mol. The van der Waals surface area contributed by atoms with E-state index in [1.165, 1.54) is 20.3 Å². The molecule has 0 bridgehead atoms. The maximum Gasteiger partial charge on any atom is 0.245 e. The van der Waals surface area contributed by atoms with Crippen LogP contribution in [0.2, 0.25) is 10.0 Å². The Labute approximate surface area is 114 Å². The first-order valence-electron chi connectivity index (χ1n) is 4.48. The summed E-state index contributed by atoms with van der Waals surface area (Å²) < 4.78 is 10.1. The van der Waals surface area contributed by atoms with Crippen molar-refractivity contribution in [2.45, 2.75) is 0 Å². The molecular formula is C11H9Cl3O3. The number of methoxy groups -OCH3 is 2. The van der Waals surface area contributed by atoms with Gasteiger partial charge in [-0.2, -0.15) is 0 Å². The van der Waals surface area contributed by atoms with E-state index in [4.69, 9.17) is 44.3 Å². The minimum absolute atomic E-state index is 0.285. The zero-order valence-corrected chi connectivity index (χ0v) is 11.4. The molecule has 92 valence electrons. The number of carbonyl (C=O) groups is 1. The second kappa shape index (κ2) is 6.15. The first-order valence-corrected chi connectivity index (χ1v) is 5.62. The molecule has 0 aliphatic carbocycles. The summed E-state index contributed by atoms with van der Waals surface area (Å²) in [5.41, 5.74) is 0.415. The van der Waals surface area contributed by atoms with Crippen LogP contribution in [0.5, 0.6) is 11.5 Å². The third-order valence-electron chi connectivity index (χ3n) is 1.99. The third kappa shape index (κ3) is 3.28. The van der Waals surface area contributed by atoms with Crippen LogP contribution >= 0.6 is 34.8 Å². The zero-order chi connectivity index (χ0) is 13.0. The topological polar surface area (TPSA) is 35.5 Å². The summed E-state index contributed by atoms with van der Waals surface area (Å²) in [6.07, 6.45) is 2.55. The van der Waals surface area contributed by atoms with E-state index in [2.05, 4.69) is 0 Å². The van der Waals surface area contributed by atoms with Crippen LogP contribution in [0, 0.1) is 0 Å². The van der Waals surface area contributed by atoms with Gasteiger partial charge in [0.15, 0.2) is 0 Å². The fraction of sp³-hybridized carbons (Fsp3) is 0.182. The molecule has 0 amide bonds. The second-order valence-electron chi connectivity index (χ2n) is 2.96. The fourth-order valence-corrected chi connectivity index (χ4v) is 1.89. The first-order chi connectivity index (χ1) is 8.01. The molecule has 1 aromatic rings. The van der Waals surface area contributed by atoms with Crippen molar-refractivity contribution in [1.29, 1.82) is 0 Å². The molecule has 1 rings (SSSR count). The number of ether oxygens (including phenoxy) is 2. The normalized spacial score (nSPS) is 10.6. The Morgan fingerprint density at radius 1 is 1.18 bits per heavy atom. The van der Waals surface area contributed by atoms with E-state index in [0.717, 1.165) is 6.08 Å². The molecule has 3 nitrogen and oxygen atoms in total. The van der Waals surface area contributed by atoms with Gasteiger partial charge < -0.3 is 9.47 Å². The van der Waals surface area contributed by atoms with Gasteiger partial charge in [-0.1, -0.05) is 23.2 Å². The van der Waals surface area contributed by atoms with E-state index in [-0.39, 0.29) is 10.0 Å². The lowest BCUT2D eigenvalue weighted by molar-refractivity contribution is -0.107. The minimum atomic E-state index is -0.626. The number of allylic oxidation sites excluding steroid dienone is 1. The molecule has 1 aromatic carbocycles. The quantitative estimate of drug-likeness (QED) is 0.626. The van der Waals surface area contributed by atoms with Crippen LogP contribution in [0.15, 0.2) is 12.1 Å². The van der Waals surface area contributed by atoms with Crippen LogP contribution in [0.1, 0.15) is 5.56 Å². The lowest BCUT2D eigenvalue weighted by atomic mass is 10.2. The summed E-state index contributed by atoms with van der Waals surface area (Å²) in [4.78, 5) is 10.7. The Morgan fingerprint density at radius 2 is 1.65 bits per heavy atom. The van der Waals surface area contributed by atoms with Crippen molar-refractivity contribution in [2.24, 2.45) is 0 Å². The third-order valence-corrected chi connectivity index (χ3v) is 2.89. The number of rotatable bonds is 4. The Kier molecular flexibility index (Phi) is 5.12. The first kappa shape index (κ1) is 14.2. The van der Waals surface area contributed by atoms with Gasteiger partial charge in [0.1, 0.15) is 11.5 Å². The van der Waals surface area contributed by atoms with Gasteiger partial charge in [-0.3, -0.25) is 4.79 Å². The predicted molar refractivity (Wildman–Crippen MR) is 69.5 cm³/mol. The van der Waals surface area contributed by atoms with Gasteiger partial charge in [0, 0.05) is 11.6 Å². The second-order valence-corrected chi connectivity index (χ2v) is 4.09. The maximum absolute atomic E-state index is 10.7. The van der Waals surface area contributed by atoms with Gasteiger partial charge in [-0.15, -0.1) is 0 Å². The fourth-order valence-electron chi connectivity index (χ4n) is 1.20. The van der Waals surface area contributed by atoms with Gasteiger partial charge in [0.2, 0.25) is 5.24 Å². The molecule has 0 aliphatic heterocycles. The van der Waals surface area contributed by atoms with E-state index in [9.17, 15) is 4.79 Å². The molecule has 0 saturated carbocycles. The largest absolute Gasteiger partial charge is 0.495 e. The molecule has 0 fully saturated rings. The summed E-state index contributed by atoms with van der Waals surface area (Å²) in [6, 6.07) is 1.56. The number of halogens is 3. The van der Waals surface area contributed by atoms with Crippen LogP contribution in [0.25, 0.3) is 6.08 Å². The zero-order valence-electron chi connectivity index (χ0n) is 9.09. The maximum atomic E-state index is 10.7. The summed E-state index contributed by atoms with van der Waals surface area (Å²) in [6.45, 7) is 0. The van der Waals surface area contributed by atoms with Crippen molar-refractivity contribution >= 4 is 46.1 Å². The van der Waals surface area contributed by atoms with E-state index < -0.39 is 5.24 Å². The summed E-state index contributed by atoms with van der Waals surface area (Å²) in [5.74, 6) is 0.796. The van der Waals surface area contributed by atoms with Crippen molar-refractivity contribution in [1.82, 2.24) is 0 Å². The molecule has 0 N–H and O–H groups in total. The van der Waals surface area contributed by atoms with Gasteiger partial charge in [-0.25, -0.2) is 0 Å². The molecule has 6 heteroatoms. The molecule has 0 aliphatic rings. The summed E-state index contributed by atoms with van der Waals surface area (Å²) in [7, 11) is 2.93. The number of benzene rings is 1. The molecule has 0 aromatic heterocycles. The SMILES string of the molecule is COc1cc(OC)c(Cl)c(C=CC(=O)Cl)c1Cl. The van der Waals surface area contributed by atoms with Crippen LogP contribution in [-0.4, -0.2) is 19.5 Å². The highest BCUT2D eigenvalue weighted by Gasteiger charge is 2.15. The highest BCUT2D eigenvalue weighted by Crippen LogP contribution is 2.40. The summed E-state index contributed by atoms with van der Waals surface area (Å²) in [5, 5.41) is -0.0566. The smallest absolute Gasteiger partial charge is 0.245 e. The Balaban J connectivity index is 3.39. The van der Waals surface area contributed by atoms with Crippen molar-refractivity contribution in [3.8, 4) is 11.5 Å². The van der Waals surface area contributed by atoms with Crippen LogP contribution < -0.4 is 9.47 Å². The van der Waals surface area contributed by atoms with Crippen molar-refractivity contribution in [2.75, 3.05) is 14.2 Å². The number of hydrogen-bond acceptors (Lipinski definition) is 3. The van der Waals surface area contributed by atoms with Crippen LogP contribution in [-0.2, 0) is 4.79 Å². The minimum Gasteiger partial charge on any atom is -0.495 e. The Bertz CT molecular complexity index is 441. The average Bonchev–Trinajstić information content (AvgIpc) is 2.29. The standard InChI is InChI=1S/C11H9Cl3O3/c1-16-7-5-8(17-2)11(14)6(10(7)13)3-4-9(12)15/h3-5H,1-2H3. The lowest BCUT2D eigenvalue weighted by Gasteiger charge is -2.11. The molecule has 0 radical (unpaired) electrons. The molecule has 0 spiro atoms. The van der Waals surface area contributed by atoms with Crippen LogP contribution in [0.3, 0.4) is 0 Å². The van der Waals surface area contributed by atoms with Gasteiger partial charge >= 0.3 is 0 Å². The van der Waals surface area contributed by atoms with E-state index in [1.54, 1.807) is 6.07 Å². The molecule has 0 heterocycles. The molecule has 0 saturated heterocycles. The van der Waals surface area contributed by atoms with Gasteiger partial charge in [0.25, 0.3) is 0 Å². The number of carbonyl (C=O) groups excluding carboxylic acids is 1. The van der Waals surface area contributed by atoms with Crippen molar-refractivity contribution < 1.29 is 14.3 Å². The van der Waals surface area contributed by atoms with Crippen LogP contribution in [0.4, 0.5) is 0 Å². The van der Waals surface area contributed by atoms with Crippen molar-refractivity contribution in [3.63, 3.8) is 0 Å². The average molecular weight is 296 g/mol. The highest BCUT2D eigenvalue weighted by molar-refractivity contribution is 6.66. The lowest BCUT2D eigenvalue weighted by Crippen LogP contribution is -1.92.